The molecule has 97 valence electrons. The molecule has 0 N–H and O–H groups in total. The van der Waals surface area contributed by atoms with Gasteiger partial charge >= 0.3 is 5.97 Å². The number of rotatable bonds is 5. The second-order valence-corrected chi connectivity index (χ2v) is 4.26. The van der Waals surface area contributed by atoms with E-state index in [0.717, 1.165) is 16.3 Å². The molecule has 0 bridgehead atoms. The summed E-state index contributed by atoms with van der Waals surface area (Å²) >= 11 is 0. The van der Waals surface area contributed by atoms with Gasteiger partial charge in [-0.3, -0.25) is 9.59 Å². The van der Waals surface area contributed by atoms with Crippen LogP contribution in [-0.2, 0) is 20.7 Å². The minimum Gasteiger partial charge on any atom is -0.465 e. The normalized spacial score (nSPS) is 12.1. The largest absolute Gasteiger partial charge is 0.465 e. The molecule has 0 aliphatic heterocycles. The Hall–Kier alpha value is -2.16. The van der Waals surface area contributed by atoms with E-state index in [2.05, 4.69) is 0 Å². The molecule has 2 aromatic carbocycles. The Morgan fingerprint density at radius 2 is 1.95 bits per heavy atom. The molecule has 3 nitrogen and oxygen atoms in total. The molecule has 0 amide bonds. The zero-order chi connectivity index (χ0) is 13.7. The lowest BCUT2D eigenvalue weighted by atomic mass is 9.96. The first-order chi connectivity index (χ1) is 9.26. The lowest BCUT2D eigenvalue weighted by Gasteiger charge is -2.11. The number of carbonyl (C=O) groups excluding carboxylic acids is 2. The summed E-state index contributed by atoms with van der Waals surface area (Å²) in [6.07, 6.45) is 2.10. The Bertz CT molecular complexity index is 584. The van der Waals surface area contributed by atoms with Gasteiger partial charge in [0.1, 0.15) is 5.92 Å². The van der Waals surface area contributed by atoms with Crippen LogP contribution in [0.4, 0.5) is 0 Å². The number of carbonyl (C=O) groups is 1. The number of hydrogen-bond acceptors (Lipinski definition) is 3. The van der Waals surface area contributed by atoms with Crippen molar-refractivity contribution in [2.45, 2.75) is 13.3 Å². The molecule has 0 saturated heterocycles. The average Bonchev–Trinajstić information content (AvgIpc) is 2.45. The second kappa shape index (κ2) is 6.14. The van der Waals surface area contributed by atoms with Crippen LogP contribution in [0.2, 0.25) is 0 Å². The first kappa shape index (κ1) is 13.3. The van der Waals surface area contributed by atoms with Crippen LogP contribution in [0.25, 0.3) is 10.8 Å². The Kier molecular flexibility index (Phi) is 4.29. The highest BCUT2D eigenvalue weighted by Gasteiger charge is 2.21. The van der Waals surface area contributed by atoms with Crippen molar-refractivity contribution >= 4 is 23.0 Å². The smallest absolute Gasteiger partial charge is 0.317 e. The third kappa shape index (κ3) is 2.99. The summed E-state index contributed by atoms with van der Waals surface area (Å²) in [6, 6.07) is 13.7. The van der Waals surface area contributed by atoms with Crippen molar-refractivity contribution in [2.75, 3.05) is 6.61 Å². The predicted molar refractivity (Wildman–Crippen MR) is 73.5 cm³/mol. The Labute approximate surface area is 112 Å². The first-order valence-corrected chi connectivity index (χ1v) is 6.27. The van der Waals surface area contributed by atoms with Crippen molar-refractivity contribution in [3.8, 4) is 0 Å². The van der Waals surface area contributed by atoms with Crippen molar-refractivity contribution in [1.29, 1.82) is 0 Å². The fourth-order valence-electron chi connectivity index (χ4n) is 2.11. The van der Waals surface area contributed by atoms with E-state index in [1.165, 1.54) is 0 Å². The van der Waals surface area contributed by atoms with Crippen LogP contribution < -0.4 is 0 Å². The SMILES string of the molecule is CCOC(=O)[C@@H]([C]=O)Cc1cccc2ccccc12. The molecular weight excluding hydrogens is 240 g/mol. The lowest BCUT2D eigenvalue weighted by molar-refractivity contribution is -0.145. The van der Waals surface area contributed by atoms with Crippen molar-refractivity contribution in [1.82, 2.24) is 0 Å². The van der Waals surface area contributed by atoms with Crippen LogP contribution in [0.5, 0.6) is 0 Å². The third-order valence-electron chi connectivity index (χ3n) is 3.02. The molecule has 0 aliphatic rings. The third-order valence-corrected chi connectivity index (χ3v) is 3.02. The van der Waals surface area contributed by atoms with Gasteiger partial charge in [0.25, 0.3) is 0 Å². The van der Waals surface area contributed by atoms with Crippen LogP contribution in [0.15, 0.2) is 42.5 Å². The number of esters is 1. The highest BCUT2D eigenvalue weighted by molar-refractivity contribution is 5.90. The first-order valence-electron chi connectivity index (χ1n) is 6.27. The van der Waals surface area contributed by atoms with Crippen LogP contribution in [0, 0.1) is 5.92 Å². The van der Waals surface area contributed by atoms with Crippen molar-refractivity contribution in [3.05, 3.63) is 48.0 Å². The number of fused-ring (bicyclic) bond motifs is 1. The molecule has 3 heteroatoms. The van der Waals surface area contributed by atoms with E-state index in [0.29, 0.717) is 6.42 Å². The summed E-state index contributed by atoms with van der Waals surface area (Å²) < 4.78 is 4.88. The van der Waals surface area contributed by atoms with E-state index in [4.69, 9.17) is 4.74 Å². The monoisotopic (exact) mass is 255 g/mol. The zero-order valence-electron chi connectivity index (χ0n) is 10.8. The van der Waals surface area contributed by atoms with E-state index >= 15 is 0 Å². The van der Waals surface area contributed by atoms with Crippen LogP contribution in [0.3, 0.4) is 0 Å². The maximum Gasteiger partial charge on any atom is 0.317 e. The molecule has 0 heterocycles. The van der Waals surface area contributed by atoms with Crippen molar-refractivity contribution < 1.29 is 14.3 Å². The average molecular weight is 255 g/mol. The van der Waals surface area contributed by atoms with Gasteiger partial charge in [0.15, 0.2) is 0 Å². The quantitative estimate of drug-likeness (QED) is 0.609. The predicted octanol–water partition coefficient (Wildman–Crippen LogP) is 2.67. The van der Waals surface area contributed by atoms with E-state index in [1.807, 2.05) is 42.5 Å². The highest BCUT2D eigenvalue weighted by Crippen LogP contribution is 2.21. The van der Waals surface area contributed by atoms with Crippen molar-refractivity contribution in [3.63, 3.8) is 0 Å². The van der Waals surface area contributed by atoms with Gasteiger partial charge in [0.2, 0.25) is 6.29 Å². The maximum atomic E-state index is 11.6. The summed E-state index contributed by atoms with van der Waals surface area (Å²) in [5, 5.41) is 2.14. The molecule has 0 unspecified atom stereocenters. The van der Waals surface area contributed by atoms with Gasteiger partial charge in [-0.25, -0.2) is 0 Å². The van der Waals surface area contributed by atoms with E-state index in [1.54, 1.807) is 13.2 Å². The molecule has 0 aliphatic carbocycles. The summed E-state index contributed by atoms with van der Waals surface area (Å²) in [4.78, 5) is 22.6. The standard InChI is InChI=1S/C16H15O3/c1-2-19-16(18)14(11-17)10-13-8-5-7-12-6-3-4-9-15(12)13/h3-9,14H,2,10H2,1H3/t14-/m1/s1. The van der Waals surface area contributed by atoms with Gasteiger partial charge < -0.3 is 4.74 Å². The molecule has 2 aromatic rings. The number of benzene rings is 2. The Morgan fingerprint density at radius 1 is 1.21 bits per heavy atom. The lowest BCUT2D eigenvalue weighted by Crippen LogP contribution is -2.21. The number of ether oxygens (including phenoxy) is 1. The molecule has 0 fully saturated rings. The van der Waals surface area contributed by atoms with Crippen LogP contribution in [0.1, 0.15) is 12.5 Å². The van der Waals surface area contributed by atoms with Crippen molar-refractivity contribution in [2.24, 2.45) is 5.92 Å². The van der Waals surface area contributed by atoms with Crippen LogP contribution >= 0.6 is 0 Å². The van der Waals surface area contributed by atoms with E-state index in [9.17, 15) is 9.59 Å². The van der Waals surface area contributed by atoms with Crippen LogP contribution in [-0.4, -0.2) is 18.9 Å². The summed E-state index contributed by atoms with van der Waals surface area (Å²) in [7, 11) is 0. The molecule has 1 atom stereocenters. The minimum absolute atomic E-state index is 0.270. The molecule has 0 aromatic heterocycles. The van der Waals surface area contributed by atoms with Gasteiger partial charge in [-0.15, -0.1) is 0 Å². The fraction of sp³-hybridized carbons (Fsp3) is 0.250. The zero-order valence-corrected chi connectivity index (χ0v) is 10.8. The van der Waals surface area contributed by atoms with E-state index in [-0.39, 0.29) is 6.61 Å². The topological polar surface area (TPSA) is 43.4 Å². The molecule has 1 radical (unpaired) electrons. The molecule has 2 rings (SSSR count). The molecule has 0 spiro atoms. The van der Waals surface area contributed by atoms with E-state index < -0.39 is 11.9 Å². The second-order valence-electron chi connectivity index (χ2n) is 4.26. The Morgan fingerprint density at radius 3 is 2.68 bits per heavy atom. The summed E-state index contributed by atoms with van der Waals surface area (Å²) in [5.41, 5.74) is 0.958. The number of hydrogen-bond donors (Lipinski definition) is 0. The van der Waals surface area contributed by atoms with Gasteiger partial charge in [-0.1, -0.05) is 42.5 Å². The minimum atomic E-state index is -0.856. The fourth-order valence-corrected chi connectivity index (χ4v) is 2.11. The van der Waals surface area contributed by atoms with Gasteiger partial charge in [-0.05, 0) is 29.7 Å². The summed E-state index contributed by atoms with van der Waals surface area (Å²) in [6.45, 7) is 1.99. The van der Waals surface area contributed by atoms with Gasteiger partial charge in [0, 0.05) is 0 Å². The maximum absolute atomic E-state index is 11.6. The summed E-state index contributed by atoms with van der Waals surface area (Å²) in [5.74, 6) is -1.36. The van der Waals surface area contributed by atoms with Gasteiger partial charge in [0.05, 0.1) is 6.61 Å². The molecule has 19 heavy (non-hydrogen) atoms. The molecule has 0 saturated carbocycles. The Balaban J connectivity index is 2.29. The highest BCUT2D eigenvalue weighted by atomic mass is 16.5. The molecular formula is C16H15O3. The van der Waals surface area contributed by atoms with Gasteiger partial charge in [-0.2, -0.15) is 0 Å².